The third-order valence-electron chi connectivity index (χ3n) is 4.12. The Morgan fingerprint density at radius 1 is 1.16 bits per heavy atom. The molecule has 3 nitrogen and oxygen atoms in total. The summed E-state index contributed by atoms with van der Waals surface area (Å²) in [4.78, 5) is 16.2. The summed E-state index contributed by atoms with van der Waals surface area (Å²) in [7, 11) is 2.08. The van der Waals surface area contributed by atoms with Gasteiger partial charge in [0.05, 0.1) is 6.04 Å². The minimum atomic E-state index is -0.182. The molecular formula is C21H36N2OS. The first kappa shape index (κ1) is 22.0. The molecule has 0 saturated carbocycles. The Bertz CT molecular complexity index is 484. The van der Waals surface area contributed by atoms with Crippen molar-refractivity contribution < 1.29 is 4.79 Å². The van der Waals surface area contributed by atoms with E-state index in [1.54, 1.807) is 0 Å². The second kappa shape index (κ2) is 11.6. The quantitative estimate of drug-likeness (QED) is 0.445. The van der Waals surface area contributed by atoms with Crippen molar-refractivity contribution in [2.45, 2.75) is 76.3 Å². The molecule has 0 saturated heterocycles. The van der Waals surface area contributed by atoms with Crippen molar-refractivity contribution in [3.8, 4) is 0 Å². The number of likely N-dealkylation sites (N-methyl/N-ethyl adjacent to an activating group) is 1. The topological polar surface area (TPSA) is 32.3 Å². The van der Waals surface area contributed by atoms with Gasteiger partial charge in [-0.1, -0.05) is 50.8 Å². The molecule has 4 heteroatoms. The molecule has 142 valence electrons. The number of hydrogen-bond donors (Lipinski definition) is 1. The average molecular weight is 365 g/mol. The van der Waals surface area contributed by atoms with Gasteiger partial charge in [-0.25, -0.2) is 0 Å². The predicted octanol–water partition coefficient (Wildman–Crippen LogP) is 4.96. The van der Waals surface area contributed by atoms with E-state index >= 15 is 0 Å². The Morgan fingerprint density at radius 3 is 2.44 bits per heavy atom. The summed E-state index contributed by atoms with van der Waals surface area (Å²) >= 11 is 1.85. The summed E-state index contributed by atoms with van der Waals surface area (Å²) in [5, 5.41) is 3.16. The van der Waals surface area contributed by atoms with Gasteiger partial charge in [-0.05, 0) is 46.4 Å². The third-order valence-corrected chi connectivity index (χ3v) is 5.11. The van der Waals surface area contributed by atoms with E-state index in [4.69, 9.17) is 0 Å². The molecule has 0 aromatic heterocycles. The fourth-order valence-corrected chi connectivity index (χ4v) is 3.71. The molecule has 1 rings (SSSR count). The minimum absolute atomic E-state index is 0.0348. The van der Waals surface area contributed by atoms with Crippen molar-refractivity contribution >= 4 is 17.7 Å². The number of benzene rings is 1. The number of thioether (sulfide) groups is 1. The first-order chi connectivity index (χ1) is 11.8. The van der Waals surface area contributed by atoms with Crippen LogP contribution in [0, 0.1) is 0 Å². The van der Waals surface area contributed by atoms with Gasteiger partial charge < -0.3 is 5.32 Å². The fourth-order valence-electron chi connectivity index (χ4n) is 2.75. The van der Waals surface area contributed by atoms with Gasteiger partial charge >= 0.3 is 0 Å². The van der Waals surface area contributed by atoms with E-state index < -0.39 is 0 Å². The third kappa shape index (κ3) is 9.91. The van der Waals surface area contributed by atoms with Crippen molar-refractivity contribution in [1.29, 1.82) is 0 Å². The van der Waals surface area contributed by atoms with Gasteiger partial charge in [0.15, 0.2) is 0 Å². The van der Waals surface area contributed by atoms with Crippen LogP contribution in [0.4, 0.5) is 0 Å². The molecule has 1 unspecified atom stereocenters. The highest BCUT2D eigenvalue weighted by Crippen LogP contribution is 2.18. The van der Waals surface area contributed by atoms with Crippen molar-refractivity contribution in [2.24, 2.45) is 0 Å². The van der Waals surface area contributed by atoms with Crippen LogP contribution in [0.15, 0.2) is 35.2 Å². The molecule has 0 spiro atoms. The minimum Gasteiger partial charge on any atom is -0.350 e. The van der Waals surface area contributed by atoms with Crippen LogP contribution >= 0.6 is 11.8 Å². The van der Waals surface area contributed by atoms with Gasteiger partial charge in [-0.2, -0.15) is 0 Å². The molecular weight excluding hydrogens is 328 g/mol. The first-order valence-electron chi connectivity index (χ1n) is 9.53. The lowest BCUT2D eigenvalue weighted by Crippen LogP contribution is -2.51. The molecule has 0 heterocycles. The van der Waals surface area contributed by atoms with E-state index in [1.165, 1.54) is 24.2 Å². The van der Waals surface area contributed by atoms with Crippen LogP contribution in [0.25, 0.3) is 0 Å². The lowest BCUT2D eigenvalue weighted by atomic mass is 10.0. The molecule has 1 aromatic rings. The van der Waals surface area contributed by atoms with Crippen LogP contribution in [0.1, 0.15) is 59.8 Å². The van der Waals surface area contributed by atoms with E-state index in [-0.39, 0.29) is 17.5 Å². The van der Waals surface area contributed by atoms with Crippen LogP contribution in [-0.2, 0) is 4.79 Å². The second-order valence-corrected chi connectivity index (χ2v) is 8.91. The van der Waals surface area contributed by atoms with Gasteiger partial charge in [0.1, 0.15) is 0 Å². The monoisotopic (exact) mass is 364 g/mol. The number of unbranched alkanes of at least 4 members (excludes halogenated alkanes) is 3. The maximum absolute atomic E-state index is 12.7. The normalized spacial score (nSPS) is 13.0. The van der Waals surface area contributed by atoms with Crippen molar-refractivity contribution in [1.82, 2.24) is 10.2 Å². The molecule has 25 heavy (non-hydrogen) atoms. The number of nitrogens with one attached hydrogen (secondary N) is 1. The van der Waals surface area contributed by atoms with E-state index in [1.807, 2.05) is 38.6 Å². The van der Waals surface area contributed by atoms with Crippen LogP contribution < -0.4 is 5.32 Å². The highest BCUT2D eigenvalue weighted by molar-refractivity contribution is 7.99. The van der Waals surface area contributed by atoms with Gasteiger partial charge in [-0.15, -0.1) is 11.8 Å². The van der Waals surface area contributed by atoms with Crippen molar-refractivity contribution in [3.05, 3.63) is 30.3 Å². The Labute approximate surface area is 158 Å². The number of carbonyl (C=O) groups excluding carboxylic acids is 1. The maximum atomic E-state index is 12.7. The van der Waals surface area contributed by atoms with Crippen LogP contribution in [0.3, 0.4) is 0 Å². The molecule has 0 bridgehead atoms. The summed E-state index contributed by atoms with van der Waals surface area (Å²) in [6.45, 7) is 9.27. The van der Waals surface area contributed by atoms with Gasteiger partial charge in [0.2, 0.25) is 5.91 Å². The number of carbonyl (C=O) groups is 1. The molecule has 0 aliphatic rings. The highest BCUT2D eigenvalue weighted by atomic mass is 32.2. The molecule has 1 aromatic carbocycles. The summed E-state index contributed by atoms with van der Waals surface area (Å²) in [5.41, 5.74) is -0.182. The Hall–Kier alpha value is -1.00. The average Bonchev–Trinajstić information content (AvgIpc) is 2.54. The number of nitrogens with zero attached hydrogens (tertiary/aromatic N) is 1. The SMILES string of the molecule is CCCCCCC(C(=O)NC(C)(C)C)N(C)CCSc1ccccc1. The fraction of sp³-hybridized carbons (Fsp3) is 0.667. The molecule has 0 aliphatic heterocycles. The summed E-state index contributed by atoms with van der Waals surface area (Å²) in [5.74, 6) is 1.16. The van der Waals surface area contributed by atoms with E-state index in [2.05, 4.69) is 48.5 Å². The largest absolute Gasteiger partial charge is 0.350 e. The standard InChI is InChI=1S/C21H36N2OS/c1-6-7-8-12-15-19(20(24)22-21(2,3)4)23(5)16-17-25-18-13-10-9-11-14-18/h9-11,13-14,19H,6-8,12,15-17H2,1-5H3,(H,22,24). The number of amides is 1. The number of hydrogen-bond acceptors (Lipinski definition) is 3. The summed E-state index contributed by atoms with van der Waals surface area (Å²) in [6.07, 6.45) is 5.74. The molecule has 1 amide bonds. The van der Waals surface area contributed by atoms with E-state index in [0.717, 1.165) is 25.1 Å². The lowest BCUT2D eigenvalue weighted by Gasteiger charge is -2.30. The smallest absolute Gasteiger partial charge is 0.237 e. The van der Waals surface area contributed by atoms with E-state index in [9.17, 15) is 4.79 Å². The van der Waals surface area contributed by atoms with Crippen molar-refractivity contribution in [2.75, 3.05) is 19.3 Å². The zero-order valence-corrected chi connectivity index (χ0v) is 17.5. The van der Waals surface area contributed by atoms with Crippen LogP contribution in [0.2, 0.25) is 0 Å². The zero-order valence-electron chi connectivity index (χ0n) is 16.7. The van der Waals surface area contributed by atoms with Gasteiger partial charge in [0, 0.05) is 22.7 Å². The molecule has 0 fully saturated rings. The second-order valence-electron chi connectivity index (χ2n) is 7.75. The lowest BCUT2D eigenvalue weighted by molar-refractivity contribution is -0.127. The van der Waals surface area contributed by atoms with Gasteiger partial charge in [0.25, 0.3) is 0 Å². The molecule has 0 radical (unpaired) electrons. The maximum Gasteiger partial charge on any atom is 0.237 e. The Kier molecular flexibility index (Phi) is 10.2. The van der Waals surface area contributed by atoms with Crippen molar-refractivity contribution in [3.63, 3.8) is 0 Å². The summed E-state index contributed by atoms with van der Waals surface area (Å²) < 4.78 is 0. The van der Waals surface area contributed by atoms with E-state index in [0.29, 0.717) is 0 Å². The summed E-state index contributed by atoms with van der Waals surface area (Å²) in [6, 6.07) is 10.4. The Morgan fingerprint density at radius 2 is 1.84 bits per heavy atom. The molecule has 1 N–H and O–H groups in total. The van der Waals surface area contributed by atoms with Crippen LogP contribution in [-0.4, -0.2) is 41.7 Å². The molecule has 1 atom stereocenters. The van der Waals surface area contributed by atoms with Crippen LogP contribution in [0.5, 0.6) is 0 Å². The zero-order chi connectivity index (χ0) is 18.7. The first-order valence-corrected chi connectivity index (χ1v) is 10.5. The number of rotatable bonds is 11. The highest BCUT2D eigenvalue weighted by Gasteiger charge is 2.25. The molecule has 0 aliphatic carbocycles. The Balaban J connectivity index is 2.54. The predicted molar refractivity (Wildman–Crippen MR) is 110 cm³/mol. The van der Waals surface area contributed by atoms with Gasteiger partial charge in [-0.3, -0.25) is 9.69 Å².